The Kier molecular flexibility index (Phi) is 4.25. The zero-order chi connectivity index (χ0) is 14.8. The van der Waals surface area contributed by atoms with E-state index in [1.807, 2.05) is 56.5 Å². The number of benzene rings is 1. The molecule has 2 rings (SSSR count). The number of hydrogen-bond donors (Lipinski definition) is 1. The Labute approximate surface area is 123 Å². The van der Waals surface area contributed by atoms with Gasteiger partial charge in [0, 0.05) is 23.9 Å². The minimum atomic E-state index is -1.43. The van der Waals surface area contributed by atoms with Crippen molar-refractivity contribution < 1.29 is 4.39 Å². The van der Waals surface area contributed by atoms with Gasteiger partial charge in [-0.15, -0.1) is 11.3 Å². The Morgan fingerprint density at radius 2 is 1.85 bits per heavy atom. The van der Waals surface area contributed by atoms with Crippen LogP contribution in [0.1, 0.15) is 25.8 Å². The average Bonchev–Trinajstić information content (AvgIpc) is 2.86. The number of thiazole rings is 1. The van der Waals surface area contributed by atoms with Crippen LogP contribution in [0.2, 0.25) is 0 Å². The normalized spacial score (nSPS) is 15.1. The molecule has 0 spiro atoms. The topological polar surface area (TPSA) is 38.9 Å². The Morgan fingerprint density at radius 3 is 2.40 bits per heavy atom. The molecule has 2 nitrogen and oxygen atoms in total. The second-order valence-corrected chi connectivity index (χ2v) is 7.03. The van der Waals surface area contributed by atoms with Gasteiger partial charge in [0.15, 0.2) is 0 Å². The first-order valence-electron chi connectivity index (χ1n) is 6.74. The van der Waals surface area contributed by atoms with E-state index >= 15 is 0 Å². The van der Waals surface area contributed by atoms with Crippen LogP contribution < -0.4 is 5.73 Å². The van der Waals surface area contributed by atoms with Crippen LogP contribution in [0.3, 0.4) is 0 Å². The second kappa shape index (κ2) is 5.62. The summed E-state index contributed by atoms with van der Waals surface area (Å²) in [6, 6.07) is 9.94. The van der Waals surface area contributed by atoms with Gasteiger partial charge in [0.05, 0.1) is 10.7 Å². The molecule has 4 heteroatoms. The van der Waals surface area contributed by atoms with E-state index in [0.29, 0.717) is 0 Å². The van der Waals surface area contributed by atoms with Crippen LogP contribution in [0.25, 0.3) is 11.3 Å². The summed E-state index contributed by atoms with van der Waals surface area (Å²) in [6.07, 6.45) is 0.268. The standard InChI is InChI=1S/C16H21FN2S/c1-15(2,3)16(17,11-18)9-14-19-13(10-20-14)12-7-5-4-6-8-12/h4-8,10H,9,11,18H2,1-3H3. The van der Waals surface area contributed by atoms with E-state index in [9.17, 15) is 4.39 Å². The highest BCUT2D eigenvalue weighted by Gasteiger charge is 2.42. The maximum Gasteiger partial charge on any atom is 0.134 e. The van der Waals surface area contributed by atoms with E-state index in [1.54, 1.807) is 0 Å². The minimum Gasteiger partial charge on any atom is -0.327 e. The molecule has 0 aliphatic carbocycles. The zero-order valence-corrected chi connectivity index (χ0v) is 13.0. The van der Waals surface area contributed by atoms with Crippen LogP contribution in [0.4, 0.5) is 4.39 Å². The van der Waals surface area contributed by atoms with Crippen LogP contribution in [0.15, 0.2) is 35.7 Å². The van der Waals surface area contributed by atoms with E-state index in [1.165, 1.54) is 11.3 Å². The molecular formula is C16H21FN2S. The number of nitrogens with zero attached hydrogens (tertiary/aromatic N) is 1. The highest BCUT2D eigenvalue weighted by atomic mass is 32.1. The van der Waals surface area contributed by atoms with Crippen LogP contribution in [0.5, 0.6) is 0 Å². The van der Waals surface area contributed by atoms with Crippen molar-refractivity contribution in [3.63, 3.8) is 0 Å². The fourth-order valence-electron chi connectivity index (χ4n) is 2.02. The van der Waals surface area contributed by atoms with Crippen molar-refractivity contribution in [2.75, 3.05) is 6.54 Å². The highest BCUT2D eigenvalue weighted by molar-refractivity contribution is 7.09. The first-order chi connectivity index (χ1) is 9.36. The van der Waals surface area contributed by atoms with Crippen molar-refractivity contribution in [1.29, 1.82) is 0 Å². The van der Waals surface area contributed by atoms with E-state index in [-0.39, 0.29) is 13.0 Å². The van der Waals surface area contributed by atoms with Gasteiger partial charge in [0.25, 0.3) is 0 Å². The fourth-order valence-corrected chi connectivity index (χ4v) is 2.92. The van der Waals surface area contributed by atoms with Crippen molar-refractivity contribution in [3.05, 3.63) is 40.7 Å². The average molecular weight is 292 g/mol. The van der Waals surface area contributed by atoms with Crippen molar-refractivity contribution in [1.82, 2.24) is 4.98 Å². The summed E-state index contributed by atoms with van der Waals surface area (Å²) in [5.74, 6) is 0. The molecule has 0 fully saturated rings. The van der Waals surface area contributed by atoms with Crippen LogP contribution in [-0.4, -0.2) is 17.2 Å². The number of alkyl halides is 1. The van der Waals surface area contributed by atoms with Gasteiger partial charge in [-0.2, -0.15) is 0 Å². The number of aromatic nitrogens is 1. The largest absolute Gasteiger partial charge is 0.327 e. The lowest BCUT2D eigenvalue weighted by Gasteiger charge is -2.36. The fraction of sp³-hybridized carbons (Fsp3) is 0.438. The lowest BCUT2D eigenvalue weighted by molar-refractivity contribution is 0.0382. The molecule has 1 heterocycles. The van der Waals surface area contributed by atoms with E-state index < -0.39 is 11.1 Å². The summed E-state index contributed by atoms with van der Waals surface area (Å²) in [5, 5.41) is 2.77. The predicted octanol–water partition coefficient (Wildman–Crippen LogP) is 4.07. The van der Waals surface area contributed by atoms with Gasteiger partial charge in [-0.25, -0.2) is 9.37 Å². The van der Waals surface area contributed by atoms with Crippen LogP contribution in [0, 0.1) is 5.41 Å². The summed E-state index contributed by atoms with van der Waals surface area (Å²) in [7, 11) is 0. The Balaban J connectivity index is 2.22. The van der Waals surface area contributed by atoms with Gasteiger partial charge >= 0.3 is 0 Å². The molecule has 1 aromatic heterocycles. The molecule has 1 unspecified atom stereocenters. The maximum atomic E-state index is 15.0. The minimum absolute atomic E-state index is 0.0107. The van der Waals surface area contributed by atoms with Gasteiger partial charge < -0.3 is 5.73 Å². The summed E-state index contributed by atoms with van der Waals surface area (Å²) in [6.45, 7) is 5.65. The molecule has 0 saturated carbocycles. The lowest BCUT2D eigenvalue weighted by atomic mass is 9.76. The van der Waals surface area contributed by atoms with E-state index in [0.717, 1.165) is 16.3 Å². The van der Waals surface area contributed by atoms with Gasteiger partial charge in [0.1, 0.15) is 5.67 Å². The van der Waals surface area contributed by atoms with Crippen LogP contribution in [-0.2, 0) is 6.42 Å². The second-order valence-electron chi connectivity index (χ2n) is 6.09. The Morgan fingerprint density at radius 1 is 1.20 bits per heavy atom. The van der Waals surface area contributed by atoms with E-state index in [4.69, 9.17) is 5.73 Å². The summed E-state index contributed by atoms with van der Waals surface area (Å²) in [4.78, 5) is 4.55. The number of nitrogens with two attached hydrogens (primary N) is 1. The molecule has 0 bridgehead atoms. The summed E-state index contributed by atoms with van der Waals surface area (Å²) >= 11 is 1.50. The first-order valence-corrected chi connectivity index (χ1v) is 7.62. The number of hydrogen-bond acceptors (Lipinski definition) is 3. The van der Waals surface area contributed by atoms with Crippen molar-refractivity contribution in [2.24, 2.45) is 11.1 Å². The molecule has 108 valence electrons. The number of halogens is 1. The Bertz CT molecular complexity index is 559. The monoisotopic (exact) mass is 292 g/mol. The maximum absolute atomic E-state index is 15.0. The highest BCUT2D eigenvalue weighted by Crippen LogP contribution is 2.37. The van der Waals surface area contributed by atoms with E-state index in [2.05, 4.69) is 4.98 Å². The molecule has 20 heavy (non-hydrogen) atoms. The number of rotatable bonds is 4. The van der Waals surface area contributed by atoms with Crippen LogP contribution >= 0.6 is 11.3 Å². The molecule has 0 aliphatic rings. The first kappa shape index (κ1) is 15.1. The molecular weight excluding hydrogens is 271 g/mol. The smallest absolute Gasteiger partial charge is 0.134 e. The molecule has 0 saturated heterocycles. The van der Waals surface area contributed by atoms with Gasteiger partial charge in [-0.05, 0) is 5.41 Å². The summed E-state index contributed by atoms with van der Waals surface area (Å²) < 4.78 is 15.0. The molecule has 0 aliphatic heterocycles. The third-order valence-electron chi connectivity index (χ3n) is 3.72. The molecule has 1 aromatic carbocycles. The SMILES string of the molecule is CC(C)(C)C(F)(CN)Cc1nc(-c2ccccc2)cs1. The zero-order valence-electron chi connectivity index (χ0n) is 12.2. The van der Waals surface area contributed by atoms with Crippen molar-refractivity contribution in [3.8, 4) is 11.3 Å². The third kappa shape index (κ3) is 3.07. The molecule has 0 amide bonds. The molecule has 0 radical (unpaired) electrons. The molecule has 2 aromatic rings. The predicted molar refractivity (Wildman–Crippen MR) is 83.6 cm³/mol. The van der Waals surface area contributed by atoms with Crippen molar-refractivity contribution >= 4 is 11.3 Å². The quantitative estimate of drug-likeness (QED) is 0.922. The van der Waals surface area contributed by atoms with Gasteiger partial charge in [0.2, 0.25) is 0 Å². The summed E-state index contributed by atoms with van der Waals surface area (Å²) in [5.41, 5.74) is 5.69. The van der Waals surface area contributed by atoms with Gasteiger partial charge in [-0.3, -0.25) is 0 Å². The van der Waals surface area contributed by atoms with Gasteiger partial charge in [-0.1, -0.05) is 51.1 Å². The Hall–Kier alpha value is -1.26. The third-order valence-corrected chi connectivity index (χ3v) is 4.57. The van der Waals surface area contributed by atoms with Crippen molar-refractivity contribution in [2.45, 2.75) is 32.9 Å². The lowest BCUT2D eigenvalue weighted by Crippen LogP contribution is -2.47. The molecule has 1 atom stereocenters. The molecule has 2 N–H and O–H groups in total.